The van der Waals surface area contributed by atoms with E-state index in [0.29, 0.717) is 16.5 Å². The maximum atomic E-state index is 13.3. The molecule has 0 spiro atoms. The van der Waals surface area contributed by atoms with Crippen LogP contribution in [0.3, 0.4) is 0 Å². The number of hydrogen-bond acceptors (Lipinski definition) is 4. The SMILES string of the molecule is Cc1c(-c2ccc(C(N)=O)c3c2ccn3C2=CCN(C)C2)cccc1-n1cnc2ccccc2c1=O. The van der Waals surface area contributed by atoms with Gasteiger partial charge in [0.15, 0.2) is 0 Å². The molecule has 0 fully saturated rings. The van der Waals surface area contributed by atoms with Crippen LogP contribution in [0.5, 0.6) is 0 Å². The van der Waals surface area contributed by atoms with E-state index in [0.717, 1.165) is 52.1 Å². The summed E-state index contributed by atoms with van der Waals surface area (Å²) in [5.74, 6) is -0.460. The Hall–Kier alpha value is -4.49. The number of likely N-dealkylation sites (N-methyl/N-ethyl adjacent to an activating group) is 1. The van der Waals surface area contributed by atoms with E-state index in [1.165, 1.54) is 0 Å². The third kappa shape index (κ3) is 3.36. The van der Waals surface area contributed by atoms with Crippen LogP contribution in [-0.2, 0) is 0 Å². The number of benzene rings is 3. The second-order valence-corrected chi connectivity index (χ2v) is 9.25. The van der Waals surface area contributed by atoms with Gasteiger partial charge in [-0.15, -0.1) is 0 Å². The van der Waals surface area contributed by atoms with Crippen molar-refractivity contribution in [3.8, 4) is 16.8 Å². The van der Waals surface area contributed by atoms with Crippen LogP contribution < -0.4 is 11.3 Å². The molecule has 1 aliphatic heterocycles. The highest BCUT2D eigenvalue weighted by molar-refractivity contribution is 6.10. The number of rotatable bonds is 4. The predicted octanol–water partition coefficient (Wildman–Crippen LogP) is 4.20. The van der Waals surface area contributed by atoms with Crippen LogP contribution in [0.4, 0.5) is 0 Å². The summed E-state index contributed by atoms with van der Waals surface area (Å²) in [5, 5.41) is 1.51. The molecular weight excluding hydrogens is 450 g/mol. The average molecular weight is 476 g/mol. The molecule has 0 saturated heterocycles. The highest BCUT2D eigenvalue weighted by atomic mass is 16.1. The Morgan fingerprint density at radius 2 is 1.78 bits per heavy atom. The largest absolute Gasteiger partial charge is 0.366 e. The smallest absolute Gasteiger partial charge is 0.265 e. The summed E-state index contributed by atoms with van der Waals surface area (Å²) in [6.45, 7) is 3.65. The van der Waals surface area contributed by atoms with Crippen molar-refractivity contribution in [3.63, 3.8) is 0 Å². The zero-order valence-corrected chi connectivity index (χ0v) is 20.1. The van der Waals surface area contributed by atoms with Gasteiger partial charge in [0.2, 0.25) is 0 Å². The third-order valence-corrected chi connectivity index (χ3v) is 7.01. The molecule has 0 aliphatic carbocycles. The van der Waals surface area contributed by atoms with E-state index in [-0.39, 0.29) is 5.56 Å². The molecule has 7 heteroatoms. The topological polar surface area (TPSA) is 86.2 Å². The molecule has 1 aliphatic rings. The van der Waals surface area contributed by atoms with Gasteiger partial charge in [0.1, 0.15) is 6.33 Å². The van der Waals surface area contributed by atoms with Gasteiger partial charge >= 0.3 is 0 Å². The number of para-hydroxylation sites is 1. The lowest BCUT2D eigenvalue weighted by molar-refractivity contribution is 0.100. The summed E-state index contributed by atoms with van der Waals surface area (Å²) in [5.41, 5.74) is 12.4. The van der Waals surface area contributed by atoms with Gasteiger partial charge in [-0.3, -0.25) is 19.1 Å². The van der Waals surface area contributed by atoms with Gasteiger partial charge in [0.25, 0.3) is 11.5 Å². The van der Waals surface area contributed by atoms with E-state index >= 15 is 0 Å². The van der Waals surface area contributed by atoms with Gasteiger partial charge in [-0.25, -0.2) is 4.98 Å². The molecule has 0 saturated carbocycles. The first kappa shape index (κ1) is 22.0. The molecule has 0 bridgehead atoms. The zero-order chi connectivity index (χ0) is 25.0. The summed E-state index contributed by atoms with van der Waals surface area (Å²) in [6, 6.07) is 19.0. The van der Waals surface area contributed by atoms with E-state index in [1.54, 1.807) is 23.0 Å². The van der Waals surface area contributed by atoms with Crippen LogP contribution >= 0.6 is 0 Å². The van der Waals surface area contributed by atoms with Gasteiger partial charge in [0, 0.05) is 30.4 Å². The number of hydrogen-bond donors (Lipinski definition) is 1. The number of fused-ring (bicyclic) bond motifs is 2. The lowest BCUT2D eigenvalue weighted by Gasteiger charge is -2.16. The molecule has 1 amide bonds. The minimum absolute atomic E-state index is 0.112. The monoisotopic (exact) mass is 475 g/mol. The molecule has 3 aromatic carbocycles. The highest BCUT2D eigenvalue weighted by Gasteiger charge is 2.21. The van der Waals surface area contributed by atoms with Crippen molar-refractivity contribution in [2.24, 2.45) is 5.73 Å². The number of nitrogens with two attached hydrogens (primary N) is 1. The van der Waals surface area contributed by atoms with Crippen LogP contribution in [0.1, 0.15) is 15.9 Å². The Balaban J connectivity index is 1.56. The van der Waals surface area contributed by atoms with Crippen molar-refractivity contribution in [2.45, 2.75) is 6.92 Å². The lowest BCUT2D eigenvalue weighted by Crippen LogP contribution is -2.19. The fourth-order valence-corrected chi connectivity index (χ4v) is 5.19. The molecule has 0 radical (unpaired) electrons. The van der Waals surface area contributed by atoms with Crippen molar-refractivity contribution in [1.29, 1.82) is 0 Å². The van der Waals surface area contributed by atoms with Crippen molar-refractivity contribution < 1.29 is 4.79 Å². The molecule has 0 atom stereocenters. The summed E-state index contributed by atoms with van der Waals surface area (Å²) < 4.78 is 3.67. The van der Waals surface area contributed by atoms with Crippen molar-refractivity contribution >= 4 is 33.4 Å². The fraction of sp³-hybridized carbons (Fsp3) is 0.138. The highest BCUT2D eigenvalue weighted by Crippen LogP contribution is 2.36. The van der Waals surface area contributed by atoms with Crippen molar-refractivity contribution in [1.82, 2.24) is 19.0 Å². The molecule has 2 aromatic heterocycles. The summed E-state index contributed by atoms with van der Waals surface area (Å²) in [4.78, 5) is 32.4. The van der Waals surface area contributed by atoms with Crippen molar-refractivity contribution in [2.75, 3.05) is 20.1 Å². The van der Waals surface area contributed by atoms with Gasteiger partial charge in [-0.2, -0.15) is 0 Å². The van der Waals surface area contributed by atoms with Crippen LogP contribution in [-0.4, -0.2) is 45.1 Å². The molecule has 3 heterocycles. The van der Waals surface area contributed by atoms with Crippen LogP contribution in [0, 0.1) is 6.92 Å². The maximum absolute atomic E-state index is 13.3. The van der Waals surface area contributed by atoms with Crippen LogP contribution in [0.2, 0.25) is 0 Å². The summed E-state index contributed by atoms with van der Waals surface area (Å²) in [6.07, 6.45) is 5.76. The van der Waals surface area contributed by atoms with Crippen molar-refractivity contribution in [3.05, 3.63) is 101 Å². The number of amides is 1. The number of primary amides is 1. The molecule has 7 nitrogen and oxygen atoms in total. The molecule has 5 aromatic rings. The molecule has 178 valence electrons. The van der Waals surface area contributed by atoms with Gasteiger partial charge in [-0.05, 0) is 67.1 Å². The third-order valence-electron chi connectivity index (χ3n) is 7.01. The Morgan fingerprint density at radius 1 is 0.944 bits per heavy atom. The fourth-order valence-electron chi connectivity index (χ4n) is 5.19. The Labute approximate surface area is 207 Å². The van der Waals surface area contributed by atoms with Gasteiger partial charge in [-0.1, -0.05) is 30.3 Å². The molecule has 36 heavy (non-hydrogen) atoms. The quantitative estimate of drug-likeness (QED) is 0.422. The number of aromatic nitrogens is 3. The second kappa shape index (κ2) is 8.32. The van der Waals surface area contributed by atoms with E-state index in [2.05, 4.69) is 27.6 Å². The first-order valence-corrected chi connectivity index (χ1v) is 11.8. The lowest BCUT2D eigenvalue weighted by atomic mass is 9.94. The molecule has 0 unspecified atom stereocenters. The minimum atomic E-state index is -0.460. The molecule has 6 rings (SSSR count). The van der Waals surface area contributed by atoms with E-state index in [1.807, 2.05) is 61.7 Å². The average Bonchev–Trinajstić information content (AvgIpc) is 3.51. The number of nitrogens with zero attached hydrogens (tertiary/aromatic N) is 4. The van der Waals surface area contributed by atoms with E-state index in [9.17, 15) is 9.59 Å². The van der Waals surface area contributed by atoms with Gasteiger partial charge in [0.05, 0.1) is 27.7 Å². The summed E-state index contributed by atoms with van der Waals surface area (Å²) >= 11 is 0. The van der Waals surface area contributed by atoms with E-state index < -0.39 is 5.91 Å². The number of carbonyl (C=O) groups is 1. The standard InChI is InChI=1S/C29H25N5O2/c1-18-20(7-5-9-26(18)34-17-31-25-8-4-3-6-23(25)29(34)36)21-10-11-24(28(30)35)27-22(21)13-15-33(27)19-12-14-32(2)16-19/h3-13,15,17H,14,16H2,1-2H3,(H2,30,35). The Bertz CT molecular complexity index is 1780. The van der Waals surface area contributed by atoms with Crippen LogP contribution in [0.25, 0.3) is 44.3 Å². The normalized spacial score (nSPS) is 14.0. The zero-order valence-electron chi connectivity index (χ0n) is 20.1. The molecular formula is C29H25N5O2. The van der Waals surface area contributed by atoms with E-state index in [4.69, 9.17) is 5.73 Å². The van der Waals surface area contributed by atoms with Crippen LogP contribution in [0.15, 0.2) is 84.1 Å². The maximum Gasteiger partial charge on any atom is 0.265 e. The second-order valence-electron chi connectivity index (χ2n) is 9.25. The molecule has 2 N–H and O–H groups in total. The Morgan fingerprint density at radius 3 is 2.56 bits per heavy atom. The minimum Gasteiger partial charge on any atom is -0.366 e. The number of carbonyl (C=O) groups excluding carboxylic acids is 1. The Kier molecular flexibility index (Phi) is 5.09. The predicted molar refractivity (Wildman–Crippen MR) is 143 cm³/mol. The first-order valence-electron chi connectivity index (χ1n) is 11.8. The van der Waals surface area contributed by atoms with Gasteiger partial charge < -0.3 is 10.3 Å². The summed E-state index contributed by atoms with van der Waals surface area (Å²) in [7, 11) is 2.06. The first-order chi connectivity index (χ1) is 17.4.